The lowest BCUT2D eigenvalue weighted by atomic mass is 10.0. The maximum atomic E-state index is 2.47. The van der Waals surface area contributed by atoms with Crippen LogP contribution in [-0.4, -0.2) is 13.1 Å². The van der Waals surface area contributed by atoms with Gasteiger partial charge in [-0.3, -0.25) is 0 Å². The van der Waals surface area contributed by atoms with Crippen LogP contribution in [0.2, 0.25) is 0 Å². The molecule has 0 aromatic heterocycles. The Hall–Kier alpha value is -2.54. The van der Waals surface area contributed by atoms with Gasteiger partial charge in [0, 0.05) is 18.8 Å². The van der Waals surface area contributed by atoms with Gasteiger partial charge in [0.15, 0.2) is 0 Å². The van der Waals surface area contributed by atoms with E-state index in [0.29, 0.717) is 0 Å². The van der Waals surface area contributed by atoms with Crippen molar-refractivity contribution in [3.05, 3.63) is 78.9 Å². The fraction of sp³-hybridized carbons (Fsp3) is 0.182. The molecule has 0 bridgehead atoms. The highest BCUT2D eigenvalue weighted by Crippen LogP contribution is 2.27. The van der Waals surface area contributed by atoms with Crippen LogP contribution in [0.25, 0.3) is 22.3 Å². The minimum absolute atomic E-state index is 1.20. The Morgan fingerprint density at radius 3 is 1.43 bits per heavy atom. The van der Waals surface area contributed by atoms with Gasteiger partial charge < -0.3 is 4.90 Å². The van der Waals surface area contributed by atoms with Crippen LogP contribution in [0.15, 0.2) is 78.9 Å². The average Bonchev–Trinajstić information content (AvgIpc) is 3.18. The van der Waals surface area contributed by atoms with E-state index in [1.807, 2.05) is 0 Å². The first kappa shape index (κ1) is 14.1. The number of benzene rings is 3. The summed E-state index contributed by atoms with van der Waals surface area (Å²) in [5, 5.41) is 0. The van der Waals surface area contributed by atoms with Crippen LogP contribution in [-0.2, 0) is 0 Å². The number of rotatable bonds is 3. The van der Waals surface area contributed by atoms with E-state index in [9.17, 15) is 0 Å². The second-order valence-electron chi connectivity index (χ2n) is 6.18. The molecule has 1 nitrogen and oxygen atoms in total. The number of anilines is 1. The molecule has 114 valence electrons. The summed E-state index contributed by atoms with van der Waals surface area (Å²) in [6.07, 6.45) is 2.64. The van der Waals surface area contributed by atoms with Crippen molar-refractivity contribution in [2.45, 2.75) is 12.8 Å². The second kappa shape index (κ2) is 6.29. The van der Waals surface area contributed by atoms with Crippen LogP contribution in [0.1, 0.15) is 12.8 Å². The van der Waals surface area contributed by atoms with Crippen LogP contribution in [0.3, 0.4) is 0 Å². The smallest absolute Gasteiger partial charge is 0.0366 e. The molecular formula is C22H21N. The lowest BCUT2D eigenvalue weighted by molar-refractivity contribution is 0.949. The number of hydrogen-bond donors (Lipinski definition) is 0. The van der Waals surface area contributed by atoms with E-state index >= 15 is 0 Å². The first-order valence-corrected chi connectivity index (χ1v) is 8.41. The molecule has 0 radical (unpaired) electrons. The standard InChI is InChI=1S/C22H21N/c1-2-6-18(7-3-1)19-8-10-20(11-9-19)21-12-14-22(15-13-21)23-16-4-5-17-23/h1-3,6-15H,4-5,16-17H2. The first-order valence-electron chi connectivity index (χ1n) is 8.41. The van der Waals surface area contributed by atoms with E-state index in [4.69, 9.17) is 0 Å². The summed E-state index contributed by atoms with van der Waals surface area (Å²) in [7, 11) is 0. The van der Waals surface area contributed by atoms with Gasteiger partial charge in [0.1, 0.15) is 0 Å². The predicted molar refractivity (Wildman–Crippen MR) is 98.8 cm³/mol. The molecule has 1 heterocycles. The molecule has 0 amide bonds. The molecule has 4 rings (SSSR count). The second-order valence-corrected chi connectivity index (χ2v) is 6.18. The third-order valence-electron chi connectivity index (χ3n) is 4.66. The first-order chi connectivity index (χ1) is 11.4. The minimum Gasteiger partial charge on any atom is -0.372 e. The van der Waals surface area contributed by atoms with Gasteiger partial charge in [-0.2, -0.15) is 0 Å². The third-order valence-corrected chi connectivity index (χ3v) is 4.66. The van der Waals surface area contributed by atoms with Crippen molar-refractivity contribution < 1.29 is 0 Å². The maximum Gasteiger partial charge on any atom is 0.0366 e. The molecule has 0 N–H and O–H groups in total. The number of hydrogen-bond acceptors (Lipinski definition) is 1. The molecule has 1 aliphatic heterocycles. The zero-order valence-electron chi connectivity index (χ0n) is 13.3. The molecule has 0 saturated carbocycles. The van der Waals surface area contributed by atoms with E-state index < -0.39 is 0 Å². The molecule has 23 heavy (non-hydrogen) atoms. The third kappa shape index (κ3) is 3.00. The molecule has 3 aromatic rings. The highest BCUT2D eigenvalue weighted by molar-refractivity contribution is 5.71. The normalized spacial score (nSPS) is 14.2. The van der Waals surface area contributed by atoms with Crippen LogP contribution >= 0.6 is 0 Å². The van der Waals surface area contributed by atoms with Crippen molar-refractivity contribution in [1.29, 1.82) is 0 Å². The lowest BCUT2D eigenvalue weighted by Crippen LogP contribution is -2.17. The van der Waals surface area contributed by atoms with Gasteiger partial charge in [0.05, 0.1) is 0 Å². The predicted octanol–water partition coefficient (Wildman–Crippen LogP) is 5.62. The van der Waals surface area contributed by atoms with E-state index in [1.165, 1.54) is 53.9 Å². The average molecular weight is 299 g/mol. The van der Waals surface area contributed by atoms with Crippen molar-refractivity contribution in [3.8, 4) is 22.3 Å². The summed E-state index contributed by atoms with van der Waals surface area (Å²) in [6.45, 7) is 2.40. The lowest BCUT2D eigenvalue weighted by Gasteiger charge is -2.17. The zero-order chi connectivity index (χ0) is 15.5. The summed E-state index contributed by atoms with van der Waals surface area (Å²) in [6, 6.07) is 28.4. The van der Waals surface area contributed by atoms with Gasteiger partial charge in [0.25, 0.3) is 0 Å². The summed E-state index contributed by atoms with van der Waals surface area (Å²) in [5.74, 6) is 0. The summed E-state index contributed by atoms with van der Waals surface area (Å²) in [4.78, 5) is 2.47. The van der Waals surface area contributed by atoms with Gasteiger partial charge in [-0.25, -0.2) is 0 Å². The molecule has 1 saturated heterocycles. The van der Waals surface area contributed by atoms with Crippen LogP contribution < -0.4 is 4.90 Å². The highest BCUT2D eigenvalue weighted by atomic mass is 15.1. The SMILES string of the molecule is c1ccc(-c2ccc(-c3ccc(N4CCCC4)cc3)cc2)cc1. The van der Waals surface area contributed by atoms with Crippen LogP contribution in [0.5, 0.6) is 0 Å². The Bertz CT molecular complexity index is 751. The van der Waals surface area contributed by atoms with Crippen LogP contribution in [0.4, 0.5) is 5.69 Å². The van der Waals surface area contributed by atoms with E-state index in [-0.39, 0.29) is 0 Å². The summed E-state index contributed by atoms with van der Waals surface area (Å²) < 4.78 is 0. The maximum absolute atomic E-state index is 2.47. The molecular weight excluding hydrogens is 278 g/mol. The Kier molecular flexibility index (Phi) is 3.85. The molecule has 0 atom stereocenters. The Morgan fingerprint density at radius 2 is 0.913 bits per heavy atom. The highest BCUT2D eigenvalue weighted by Gasteiger charge is 2.11. The van der Waals surface area contributed by atoms with Crippen molar-refractivity contribution >= 4 is 5.69 Å². The molecule has 1 fully saturated rings. The fourth-order valence-corrected chi connectivity index (χ4v) is 3.33. The summed E-state index contributed by atoms with van der Waals surface area (Å²) in [5.41, 5.74) is 6.45. The summed E-state index contributed by atoms with van der Waals surface area (Å²) >= 11 is 0. The molecule has 1 heteroatoms. The Balaban J connectivity index is 1.56. The fourth-order valence-electron chi connectivity index (χ4n) is 3.33. The Morgan fingerprint density at radius 1 is 0.478 bits per heavy atom. The molecule has 0 unspecified atom stereocenters. The topological polar surface area (TPSA) is 3.24 Å². The van der Waals surface area contributed by atoms with E-state index in [2.05, 4.69) is 83.8 Å². The quantitative estimate of drug-likeness (QED) is 0.606. The molecule has 0 spiro atoms. The van der Waals surface area contributed by atoms with Gasteiger partial charge in [-0.05, 0) is 47.2 Å². The van der Waals surface area contributed by atoms with Crippen molar-refractivity contribution in [3.63, 3.8) is 0 Å². The van der Waals surface area contributed by atoms with Crippen molar-refractivity contribution in [2.24, 2.45) is 0 Å². The number of nitrogens with zero attached hydrogens (tertiary/aromatic N) is 1. The van der Waals surface area contributed by atoms with Crippen molar-refractivity contribution in [2.75, 3.05) is 18.0 Å². The van der Waals surface area contributed by atoms with Gasteiger partial charge in [0.2, 0.25) is 0 Å². The largest absolute Gasteiger partial charge is 0.372 e. The van der Waals surface area contributed by atoms with E-state index in [0.717, 1.165) is 0 Å². The van der Waals surface area contributed by atoms with Crippen LogP contribution in [0, 0.1) is 0 Å². The van der Waals surface area contributed by atoms with Gasteiger partial charge >= 0.3 is 0 Å². The van der Waals surface area contributed by atoms with Crippen molar-refractivity contribution in [1.82, 2.24) is 0 Å². The van der Waals surface area contributed by atoms with Gasteiger partial charge in [-0.15, -0.1) is 0 Å². The molecule has 0 aliphatic carbocycles. The molecule has 1 aliphatic rings. The Labute approximate surface area is 138 Å². The monoisotopic (exact) mass is 299 g/mol. The zero-order valence-corrected chi connectivity index (χ0v) is 13.3. The van der Waals surface area contributed by atoms with E-state index in [1.54, 1.807) is 0 Å². The molecule has 3 aromatic carbocycles. The minimum atomic E-state index is 1.20. The van der Waals surface area contributed by atoms with Gasteiger partial charge in [-0.1, -0.05) is 66.7 Å².